The zero-order valence-electron chi connectivity index (χ0n) is 21.8. The van der Waals surface area contributed by atoms with Crippen LogP contribution in [-0.4, -0.2) is 74.7 Å². The molecule has 1 saturated carbocycles. The first-order chi connectivity index (χ1) is 17.0. The van der Waals surface area contributed by atoms with E-state index < -0.39 is 34.8 Å². The van der Waals surface area contributed by atoms with Crippen LogP contribution >= 0.6 is 0 Å². The van der Waals surface area contributed by atoms with Gasteiger partial charge in [0.1, 0.15) is 5.60 Å². The number of amides is 1. The number of anilines is 1. The molecular weight excluding hydrogens is 464 g/mol. The van der Waals surface area contributed by atoms with Crippen LogP contribution in [0.15, 0.2) is 18.2 Å². The lowest BCUT2D eigenvalue weighted by molar-refractivity contribution is -0.148. The fraction of sp³-hybridized carbons (Fsp3) is 0.630. The molecule has 36 heavy (non-hydrogen) atoms. The molecule has 2 aliphatic carbocycles. The first-order valence-electron chi connectivity index (χ1n) is 12.6. The van der Waals surface area contributed by atoms with Gasteiger partial charge in [-0.2, -0.15) is 0 Å². The first kappa shape index (κ1) is 26.0. The molecule has 0 aromatic heterocycles. The largest absolute Gasteiger partial charge is 0.469 e. The molecule has 0 radical (unpaired) electrons. The molecule has 9 heteroatoms. The molecule has 1 amide bonds. The van der Waals surface area contributed by atoms with Crippen LogP contribution in [0.5, 0.6) is 0 Å². The van der Waals surface area contributed by atoms with Gasteiger partial charge in [0.2, 0.25) is 0 Å². The molecule has 1 heterocycles. The van der Waals surface area contributed by atoms with E-state index in [2.05, 4.69) is 11.0 Å². The zero-order chi connectivity index (χ0) is 26.3. The fourth-order valence-electron chi connectivity index (χ4n) is 5.65. The van der Waals surface area contributed by atoms with Gasteiger partial charge in [0.15, 0.2) is 5.78 Å². The summed E-state index contributed by atoms with van der Waals surface area (Å²) in [5, 5.41) is 0. The Kier molecular flexibility index (Phi) is 7.03. The number of Topliss-reactive ketones (excluding diaryl/α,β-unsaturated/α-hetero) is 1. The molecular formula is C27H36N2O7. The van der Waals surface area contributed by atoms with Gasteiger partial charge in [-0.05, 0) is 63.8 Å². The highest BCUT2D eigenvalue weighted by Gasteiger charge is 2.62. The predicted molar refractivity (Wildman–Crippen MR) is 132 cm³/mol. The second-order valence-electron chi connectivity index (χ2n) is 10.9. The summed E-state index contributed by atoms with van der Waals surface area (Å²) in [5.74, 6) is -2.16. The summed E-state index contributed by atoms with van der Waals surface area (Å²) in [6, 6.07) is 5.89. The van der Waals surface area contributed by atoms with Crippen molar-refractivity contribution in [1.29, 1.82) is 0 Å². The van der Waals surface area contributed by atoms with Crippen LogP contribution in [0, 0.1) is 11.8 Å². The number of piperazine rings is 1. The van der Waals surface area contributed by atoms with Crippen molar-refractivity contribution in [3.05, 3.63) is 29.3 Å². The average Bonchev–Trinajstić information content (AvgIpc) is 3.61. The van der Waals surface area contributed by atoms with Gasteiger partial charge < -0.3 is 24.0 Å². The van der Waals surface area contributed by atoms with E-state index >= 15 is 0 Å². The first-order valence-corrected chi connectivity index (χ1v) is 12.6. The van der Waals surface area contributed by atoms with Gasteiger partial charge in [0.25, 0.3) is 0 Å². The number of esters is 2. The molecule has 1 aromatic rings. The Labute approximate surface area is 212 Å². The van der Waals surface area contributed by atoms with Crippen LogP contribution in [0.4, 0.5) is 10.5 Å². The Hall–Kier alpha value is -3.10. The van der Waals surface area contributed by atoms with Gasteiger partial charge in [0, 0.05) is 55.2 Å². The minimum Gasteiger partial charge on any atom is -0.469 e. The van der Waals surface area contributed by atoms with Crippen molar-refractivity contribution in [2.24, 2.45) is 11.8 Å². The van der Waals surface area contributed by atoms with E-state index in [9.17, 15) is 19.2 Å². The fourth-order valence-corrected chi connectivity index (χ4v) is 5.65. The van der Waals surface area contributed by atoms with Gasteiger partial charge in [0.05, 0.1) is 20.1 Å². The summed E-state index contributed by atoms with van der Waals surface area (Å²) in [5.41, 5.74) is 1.71. The average molecular weight is 501 g/mol. The number of carbonyl (C=O) groups is 4. The zero-order valence-corrected chi connectivity index (χ0v) is 21.8. The number of fused-ring (bicyclic) bond motifs is 2. The molecule has 196 valence electrons. The highest BCUT2D eigenvalue weighted by molar-refractivity contribution is 6.07. The highest BCUT2D eigenvalue weighted by Crippen LogP contribution is 2.62. The number of nitrogens with zero attached hydrogens (tertiary/aromatic N) is 2. The summed E-state index contributed by atoms with van der Waals surface area (Å²) < 4.78 is 15.3. The maximum atomic E-state index is 13.6. The topological polar surface area (TPSA) is 102 Å². The summed E-state index contributed by atoms with van der Waals surface area (Å²) >= 11 is 0. The monoisotopic (exact) mass is 500 g/mol. The number of rotatable bonds is 6. The molecule has 1 unspecified atom stereocenters. The molecule has 0 bridgehead atoms. The molecule has 9 nitrogen and oxygen atoms in total. The van der Waals surface area contributed by atoms with E-state index in [0.717, 1.165) is 24.1 Å². The summed E-state index contributed by atoms with van der Waals surface area (Å²) in [4.78, 5) is 54.4. The lowest BCUT2D eigenvalue weighted by Gasteiger charge is -2.37. The SMILES string of the molecule is COC(=O)CC[C@H](C(=O)OC)C1C(=O)c2ccc(N3CCN(C(=O)OC(C)(C)C)CC3)cc2C12CC2. The van der Waals surface area contributed by atoms with Crippen molar-refractivity contribution in [3.8, 4) is 0 Å². The molecule has 1 aliphatic heterocycles. The van der Waals surface area contributed by atoms with Crippen LogP contribution in [-0.2, 0) is 29.2 Å². The number of ketones is 1. The van der Waals surface area contributed by atoms with Crippen molar-refractivity contribution in [2.45, 2.75) is 57.5 Å². The van der Waals surface area contributed by atoms with Crippen molar-refractivity contribution >= 4 is 29.5 Å². The van der Waals surface area contributed by atoms with Gasteiger partial charge in [-0.25, -0.2) is 4.79 Å². The van der Waals surface area contributed by atoms with Gasteiger partial charge >= 0.3 is 18.0 Å². The normalized spacial score (nSPS) is 21.1. The quantitative estimate of drug-likeness (QED) is 0.433. The van der Waals surface area contributed by atoms with Crippen LogP contribution in [0.3, 0.4) is 0 Å². The van der Waals surface area contributed by atoms with Crippen molar-refractivity contribution in [3.63, 3.8) is 0 Å². The van der Waals surface area contributed by atoms with E-state index in [0.29, 0.717) is 31.7 Å². The summed E-state index contributed by atoms with van der Waals surface area (Å²) in [6.07, 6.45) is 1.60. The maximum Gasteiger partial charge on any atom is 0.410 e. The van der Waals surface area contributed by atoms with Gasteiger partial charge in [-0.3, -0.25) is 14.4 Å². The molecule has 1 spiro atoms. The molecule has 3 aliphatic rings. The molecule has 1 aromatic carbocycles. The van der Waals surface area contributed by atoms with Crippen LogP contribution < -0.4 is 4.90 Å². The number of methoxy groups -OCH3 is 2. The van der Waals surface area contributed by atoms with E-state index in [1.165, 1.54) is 14.2 Å². The minimum atomic E-state index is -0.697. The van der Waals surface area contributed by atoms with E-state index in [1.54, 1.807) is 4.90 Å². The standard InChI is InChI=1S/C27H36N2O7/c1-26(2,3)36-25(33)29-14-12-28(13-15-29)17-6-7-18-20(16-17)27(10-11-27)22(23(18)31)19(24(32)35-5)8-9-21(30)34-4/h6-7,16,19,22H,8-15H2,1-5H3/t19-,22?/m0/s1. The molecule has 4 rings (SSSR count). The van der Waals surface area contributed by atoms with E-state index in [4.69, 9.17) is 14.2 Å². The minimum absolute atomic E-state index is 0.0518. The Bertz CT molecular complexity index is 1050. The molecule has 0 N–H and O–H groups in total. The number of benzene rings is 1. The third-order valence-corrected chi connectivity index (χ3v) is 7.56. The van der Waals surface area contributed by atoms with Crippen molar-refractivity contribution < 1.29 is 33.4 Å². The van der Waals surface area contributed by atoms with Crippen LogP contribution in [0.2, 0.25) is 0 Å². The third-order valence-electron chi connectivity index (χ3n) is 7.56. The Morgan fingerprint density at radius 2 is 1.72 bits per heavy atom. The maximum absolute atomic E-state index is 13.6. The Morgan fingerprint density at radius 1 is 1.06 bits per heavy atom. The molecule has 1 saturated heterocycles. The number of ether oxygens (including phenoxy) is 3. The molecule has 2 fully saturated rings. The lowest BCUT2D eigenvalue weighted by atomic mass is 9.77. The van der Waals surface area contributed by atoms with Crippen molar-refractivity contribution in [1.82, 2.24) is 4.90 Å². The summed E-state index contributed by atoms with van der Waals surface area (Å²) in [7, 11) is 2.62. The van der Waals surface area contributed by atoms with Crippen LogP contribution in [0.25, 0.3) is 0 Å². The van der Waals surface area contributed by atoms with Gasteiger partial charge in [-0.1, -0.05) is 0 Å². The second-order valence-corrected chi connectivity index (χ2v) is 10.9. The molecule has 2 atom stereocenters. The number of carbonyl (C=O) groups excluding carboxylic acids is 4. The smallest absolute Gasteiger partial charge is 0.410 e. The van der Waals surface area contributed by atoms with Crippen molar-refractivity contribution in [2.75, 3.05) is 45.3 Å². The number of hydrogen-bond acceptors (Lipinski definition) is 8. The predicted octanol–water partition coefficient (Wildman–Crippen LogP) is 3.33. The Balaban J connectivity index is 1.52. The number of hydrogen-bond donors (Lipinski definition) is 0. The summed E-state index contributed by atoms with van der Waals surface area (Å²) in [6.45, 7) is 7.99. The van der Waals surface area contributed by atoms with E-state index in [1.807, 2.05) is 32.9 Å². The Morgan fingerprint density at radius 3 is 2.28 bits per heavy atom. The van der Waals surface area contributed by atoms with Gasteiger partial charge in [-0.15, -0.1) is 0 Å². The lowest BCUT2D eigenvalue weighted by Crippen LogP contribution is -2.50. The highest BCUT2D eigenvalue weighted by atomic mass is 16.6. The third kappa shape index (κ3) is 4.92. The second kappa shape index (κ2) is 9.75. The van der Waals surface area contributed by atoms with Crippen LogP contribution in [0.1, 0.15) is 62.4 Å². The van der Waals surface area contributed by atoms with E-state index in [-0.39, 0.29) is 24.7 Å².